The first-order valence-electron chi connectivity index (χ1n) is 9.37. The monoisotopic (exact) mass is 335 g/mol. The molecule has 0 fully saturated rings. The molecule has 0 atom stereocenters. The first-order chi connectivity index (χ1) is 11.9. The van der Waals surface area contributed by atoms with Crippen molar-refractivity contribution in [3.63, 3.8) is 0 Å². The summed E-state index contributed by atoms with van der Waals surface area (Å²) in [5, 5.41) is 0. The molecule has 0 saturated carbocycles. The third-order valence-electron chi connectivity index (χ3n) is 5.27. The predicted molar refractivity (Wildman–Crippen MR) is 106 cm³/mol. The van der Waals surface area contributed by atoms with E-state index in [1.54, 1.807) is 4.90 Å². The molecule has 2 aromatic carbocycles. The Morgan fingerprint density at radius 1 is 0.880 bits per heavy atom. The Balaban J connectivity index is 1.81. The molecule has 132 valence electrons. The van der Waals surface area contributed by atoms with Crippen molar-refractivity contribution in [2.45, 2.75) is 58.3 Å². The van der Waals surface area contributed by atoms with Gasteiger partial charge in [0.25, 0.3) is 5.91 Å². The zero-order valence-electron chi connectivity index (χ0n) is 15.9. The van der Waals surface area contributed by atoms with E-state index >= 15 is 0 Å². The van der Waals surface area contributed by atoms with Crippen LogP contribution in [0.2, 0.25) is 0 Å². The number of fused-ring (bicyclic) bond motifs is 1. The van der Waals surface area contributed by atoms with E-state index in [4.69, 9.17) is 0 Å². The molecular formula is C23H29NO. The van der Waals surface area contributed by atoms with Crippen molar-refractivity contribution in [1.82, 2.24) is 0 Å². The molecule has 0 radical (unpaired) electrons. The van der Waals surface area contributed by atoms with E-state index in [1.165, 1.54) is 42.4 Å². The summed E-state index contributed by atoms with van der Waals surface area (Å²) >= 11 is 0. The number of rotatable bonds is 2. The van der Waals surface area contributed by atoms with E-state index in [0.717, 1.165) is 17.7 Å². The Hall–Kier alpha value is -2.09. The van der Waals surface area contributed by atoms with E-state index in [-0.39, 0.29) is 11.3 Å². The van der Waals surface area contributed by atoms with E-state index in [1.807, 2.05) is 19.2 Å². The van der Waals surface area contributed by atoms with Crippen molar-refractivity contribution >= 4 is 11.6 Å². The number of amides is 1. The molecule has 2 nitrogen and oxygen atoms in total. The minimum Gasteiger partial charge on any atom is -0.311 e. The van der Waals surface area contributed by atoms with Gasteiger partial charge in [0.05, 0.1) is 0 Å². The van der Waals surface area contributed by atoms with Crippen LogP contribution in [-0.2, 0) is 18.3 Å². The molecule has 0 heterocycles. The van der Waals surface area contributed by atoms with Gasteiger partial charge in [-0.2, -0.15) is 0 Å². The lowest BCUT2D eigenvalue weighted by atomic mass is 9.86. The maximum absolute atomic E-state index is 12.9. The van der Waals surface area contributed by atoms with Gasteiger partial charge < -0.3 is 4.90 Å². The first-order valence-corrected chi connectivity index (χ1v) is 9.37. The molecule has 0 saturated heterocycles. The predicted octanol–water partition coefficient (Wildman–Crippen LogP) is 5.53. The lowest BCUT2D eigenvalue weighted by Gasteiger charge is -2.21. The molecule has 3 rings (SSSR count). The summed E-state index contributed by atoms with van der Waals surface area (Å²) in [4.78, 5) is 14.6. The minimum absolute atomic E-state index is 0.0500. The van der Waals surface area contributed by atoms with Crippen molar-refractivity contribution in [2.24, 2.45) is 0 Å². The highest BCUT2D eigenvalue weighted by atomic mass is 16.2. The zero-order chi connectivity index (χ0) is 18.0. The summed E-state index contributed by atoms with van der Waals surface area (Å²) in [5.41, 5.74) is 5.95. The lowest BCUT2D eigenvalue weighted by molar-refractivity contribution is 0.0993. The van der Waals surface area contributed by atoms with Crippen molar-refractivity contribution in [1.29, 1.82) is 0 Å². The highest BCUT2D eigenvalue weighted by molar-refractivity contribution is 6.05. The number of carbonyl (C=O) groups excluding carboxylic acids is 1. The molecule has 2 heteroatoms. The van der Waals surface area contributed by atoms with Crippen LogP contribution >= 0.6 is 0 Å². The van der Waals surface area contributed by atoms with Crippen LogP contribution in [0.15, 0.2) is 42.5 Å². The Labute approximate surface area is 151 Å². The summed E-state index contributed by atoms with van der Waals surface area (Å²) < 4.78 is 0. The minimum atomic E-state index is 0.0500. The van der Waals surface area contributed by atoms with Crippen molar-refractivity contribution < 1.29 is 4.79 Å². The third-order valence-corrected chi connectivity index (χ3v) is 5.27. The van der Waals surface area contributed by atoms with Crippen molar-refractivity contribution in [3.8, 4) is 0 Å². The van der Waals surface area contributed by atoms with E-state index < -0.39 is 0 Å². The van der Waals surface area contributed by atoms with E-state index in [0.29, 0.717) is 0 Å². The smallest absolute Gasteiger partial charge is 0.258 e. The second-order valence-corrected chi connectivity index (χ2v) is 8.21. The fraction of sp³-hybridized carbons (Fsp3) is 0.435. The van der Waals surface area contributed by atoms with Crippen LogP contribution in [0.1, 0.15) is 67.1 Å². The molecule has 0 bridgehead atoms. The molecule has 1 aliphatic carbocycles. The number of anilines is 1. The number of nitrogens with zero attached hydrogens (tertiary/aromatic N) is 1. The molecule has 0 aliphatic heterocycles. The molecule has 1 amide bonds. The summed E-state index contributed by atoms with van der Waals surface area (Å²) in [7, 11) is 1.87. The normalized spacial score (nSPS) is 14.6. The second-order valence-electron chi connectivity index (χ2n) is 8.21. The summed E-state index contributed by atoms with van der Waals surface area (Å²) in [6.45, 7) is 6.56. The van der Waals surface area contributed by atoms with Crippen LogP contribution in [-0.4, -0.2) is 13.0 Å². The fourth-order valence-corrected chi connectivity index (χ4v) is 3.53. The average molecular weight is 335 g/mol. The van der Waals surface area contributed by atoms with Crippen molar-refractivity contribution in [2.75, 3.05) is 11.9 Å². The highest BCUT2D eigenvalue weighted by Crippen LogP contribution is 2.27. The zero-order valence-corrected chi connectivity index (χ0v) is 15.9. The van der Waals surface area contributed by atoms with Gasteiger partial charge in [-0.15, -0.1) is 0 Å². The quantitative estimate of drug-likeness (QED) is 0.661. The molecule has 0 unspecified atom stereocenters. The van der Waals surface area contributed by atoms with Gasteiger partial charge >= 0.3 is 0 Å². The maximum atomic E-state index is 12.9. The van der Waals surface area contributed by atoms with Gasteiger partial charge in [-0.05, 0) is 72.1 Å². The van der Waals surface area contributed by atoms with Crippen LogP contribution in [0, 0.1) is 0 Å². The van der Waals surface area contributed by atoms with Gasteiger partial charge in [0.2, 0.25) is 0 Å². The van der Waals surface area contributed by atoms with Gasteiger partial charge in [-0.3, -0.25) is 4.79 Å². The SMILES string of the molecule is CN(C(=O)c1ccc(C(C)(C)C)cc1)c1ccc2c(c1)CCCCC2. The Kier molecular flexibility index (Phi) is 4.99. The van der Waals surface area contributed by atoms with Crippen LogP contribution in [0.5, 0.6) is 0 Å². The third kappa shape index (κ3) is 3.95. The number of hydrogen-bond donors (Lipinski definition) is 0. The summed E-state index contributed by atoms with van der Waals surface area (Å²) in [6.07, 6.45) is 6.13. The standard InChI is InChI=1S/C23H29NO/c1-23(2,3)20-13-10-18(11-14-20)22(25)24(4)21-15-12-17-8-6-5-7-9-19(17)16-21/h10-16H,5-9H2,1-4H3. The largest absolute Gasteiger partial charge is 0.311 e. The van der Waals surface area contributed by atoms with Gasteiger partial charge in [0.15, 0.2) is 0 Å². The van der Waals surface area contributed by atoms with E-state index in [9.17, 15) is 4.79 Å². The van der Waals surface area contributed by atoms with Gasteiger partial charge in [0, 0.05) is 18.3 Å². The number of carbonyl (C=O) groups is 1. The van der Waals surface area contributed by atoms with Crippen LogP contribution in [0.3, 0.4) is 0 Å². The molecule has 0 N–H and O–H groups in total. The lowest BCUT2D eigenvalue weighted by Crippen LogP contribution is -2.26. The highest BCUT2D eigenvalue weighted by Gasteiger charge is 2.18. The average Bonchev–Trinajstić information content (AvgIpc) is 2.84. The van der Waals surface area contributed by atoms with Crippen LogP contribution < -0.4 is 4.90 Å². The van der Waals surface area contributed by atoms with Crippen LogP contribution in [0.25, 0.3) is 0 Å². The van der Waals surface area contributed by atoms with E-state index in [2.05, 4.69) is 51.1 Å². The fourth-order valence-electron chi connectivity index (χ4n) is 3.53. The van der Waals surface area contributed by atoms with Crippen LogP contribution in [0.4, 0.5) is 5.69 Å². The van der Waals surface area contributed by atoms with Gasteiger partial charge in [0.1, 0.15) is 0 Å². The summed E-state index contributed by atoms with van der Waals surface area (Å²) in [6, 6.07) is 14.5. The van der Waals surface area contributed by atoms with Gasteiger partial charge in [-0.1, -0.05) is 45.4 Å². The molecule has 0 aromatic heterocycles. The molecular weight excluding hydrogens is 306 g/mol. The summed E-state index contributed by atoms with van der Waals surface area (Å²) in [5.74, 6) is 0.0500. The Morgan fingerprint density at radius 2 is 1.52 bits per heavy atom. The van der Waals surface area contributed by atoms with Crippen molar-refractivity contribution in [3.05, 3.63) is 64.7 Å². The Bertz CT molecular complexity index is 753. The number of hydrogen-bond acceptors (Lipinski definition) is 1. The van der Waals surface area contributed by atoms with Gasteiger partial charge in [-0.25, -0.2) is 0 Å². The topological polar surface area (TPSA) is 20.3 Å². The molecule has 1 aliphatic rings. The number of aryl methyl sites for hydroxylation is 2. The molecule has 2 aromatic rings. The molecule has 0 spiro atoms. The second kappa shape index (κ2) is 7.03. The maximum Gasteiger partial charge on any atom is 0.258 e. The Morgan fingerprint density at radius 3 is 2.16 bits per heavy atom. The number of benzene rings is 2. The first kappa shape index (κ1) is 17.7. The molecule has 25 heavy (non-hydrogen) atoms.